The largest absolute Gasteiger partial charge is 0.296 e. The Morgan fingerprint density at radius 1 is 1.35 bits per heavy atom. The van der Waals surface area contributed by atoms with Gasteiger partial charge in [0.2, 0.25) is 0 Å². The SMILES string of the molecule is Cc1nn(C)c(C)c1[C@H]1CCCN1CCCS(C)(=O)=O. The molecule has 1 aromatic heterocycles. The van der Waals surface area contributed by atoms with E-state index in [4.69, 9.17) is 0 Å². The van der Waals surface area contributed by atoms with Crippen LogP contribution >= 0.6 is 0 Å². The Morgan fingerprint density at radius 3 is 2.60 bits per heavy atom. The Hall–Kier alpha value is -0.880. The molecule has 1 atom stereocenters. The number of nitrogens with zero attached hydrogens (tertiary/aromatic N) is 3. The zero-order valence-corrected chi connectivity index (χ0v) is 13.7. The van der Waals surface area contributed by atoms with Crippen molar-refractivity contribution in [2.75, 3.05) is 25.1 Å². The minimum absolute atomic E-state index is 0.279. The van der Waals surface area contributed by atoms with Gasteiger partial charge < -0.3 is 0 Å². The summed E-state index contributed by atoms with van der Waals surface area (Å²) in [4.78, 5) is 2.42. The fraction of sp³-hybridized carbons (Fsp3) is 0.786. The second-order valence-corrected chi connectivity index (χ2v) is 8.15. The van der Waals surface area contributed by atoms with Gasteiger partial charge in [-0.05, 0) is 46.2 Å². The molecule has 0 spiro atoms. The van der Waals surface area contributed by atoms with E-state index in [0.717, 1.165) is 25.2 Å². The van der Waals surface area contributed by atoms with Crippen LogP contribution in [0.1, 0.15) is 42.3 Å². The van der Waals surface area contributed by atoms with Crippen LogP contribution in [0.15, 0.2) is 0 Å². The molecule has 1 fully saturated rings. The number of aromatic nitrogens is 2. The first-order chi connectivity index (χ1) is 9.29. The van der Waals surface area contributed by atoms with Crippen LogP contribution in [0.3, 0.4) is 0 Å². The van der Waals surface area contributed by atoms with Crippen LogP contribution in [-0.2, 0) is 16.9 Å². The second-order valence-electron chi connectivity index (χ2n) is 5.89. The molecule has 1 aromatic rings. The predicted molar refractivity (Wildman–Crippen MR) is 80.6 cm³/mol. The molecule has 6 heteroatoms. The van der Waals surface area contributed by atoms with E-state index in [-0.39, 0.29) is 5.75 Å². The number of rotatable bonds is 5. The third-order valence-corrected chi connectivity index (χ3v) is 5.25. The Morgan fingerprint density at radius 2 is 2.05 bits per heavy atom. The van der Waals surface area contributed by atoms with Crippen LogP contribution < -0.4 is 0 Å². The highest BCUT2D eigenvalue weighted by Crippen LogP contribution is 2.35. The van der Waals surface area contributed by atoms with Crippen molar-refractivity contribution in [2.45, 2.75) is 39.2 Å². The van der Waals surface area contributed by atoms with Gasteiger partial charge in [-0.3, -0.25) is 9.58 Å². The van der Waals surface area contributed by atoms with E-state index in [1.807, 2.05) is 11.7 Å². The molecule has 2 heterocycles. The van der Waals surface area contributed by atoms with Crippen molar-refractivity contribution >= 4 is 9.84 Å². The Bertz CT molecular complexity index is 577. The lowest BCUT2D eigenvalue weighted by Gasteiger charge is -2.25. The predicted octanol–water partition coefficient (Wildman–Crippen LogP) is 1.61. The summed E-state index contributed by atoms with van der Waals surface area (Å²) in [7, 11) is -0.872. The third kappa shape index (κ3) is 3.41. The zero-order valence-electron chi connectivity index (χ0n) is 12.9. The summed E-state index contributed by atoms with van der Waals surface area (Å²) in [5, 5.41) is 4.50. The topological polar surface area (TPSA) is 55.2 Å². The van der Waals surface area contributed by atoms with E-state index in [1.54, 1.807) is 0 Å². The fourth-order valence-electron chi connectivity index (χ4n) is 3.22. The average molecular weight is 299 g/mol. The van der Waals surface area contributed by atoms with Gasteiger partial charge >= 0.3 is 0 Å². The highest BCUT2D eigenvalue weighted by molar-refractivity contribution is 7.90. The van der Waals surface area contributed by atoms with E-state index in [2.05, 4.69) is 23.8 Å². The van der Waals surface area contributed by atoms with Crippen LogP contribution in [0.5, 0.6) is 0 Å². The molecule has 1 aliphatic heterocycles. The summed E-state index contributed by atoms with van der Waals surface area (Å²) in [6.07, 6.45) is 4.35. The molecule has 0 unspecified atom stereocenters. The van der Waals surface area contributed by atoms with Gasteiger partial charge in [-0.15, -0.1) is 0 Å². The first-order valence-corrected chi connectivity index (χ1v) is 9.27. The smallest absolute Gasteiger partial charge is 0.147 e. The van der Waals surface area contributed by atoms with Gasteiger partial charge in [-0.1, -0.05) is 0 Å². The highest BCUT2D eigenvalue weighted by Gasteiger charge is 2.29. The second kappa shape index (κ2) is 5.85. The van der Waals surface area contributed by atoms with Crippen molar-refractivity contribution in [1.82, 2.24) is 14.7 Å². The van der Waals surface area contributed by atoms with Gasteiger partial charge in [-0.25, -0.2) is 8.42 Å². The van der Waals surface area contributed by atoms with Gasteiger partial charge in [0.15, 0.2) is 0 Å². The third-order valence-electron chi connectivity index (χ3n) is 4.22. The lowest BCUT2D eigenvalue weighted by Crippen LogP contribution is -2.26. The Balaban J connectivity index is 2.07. The average Bonchev–Trinajstić information content (AvgIpc) is 2.84. The molecule has 5 nitrogen and oxygen atoms in total. The van der Waals surface area contributed by atoms with Crippen molar-refractivity contribution in [1.29, 1.82) is 0 Å². The van der Waals surface area contributed by atoms with Crippen molar-refractivity contribution in [3.63, 3.8) is 0 Å². The number of likely N-dealkylation sites (tertiary alicyclic amines) is 1. The molecule has 1 saturated heterocycles. The molecule has 1 aliphatic rings. The standard InChI is InChI=1S/C14H25N3O2S/c1-11-14(12(2)16(3)15-11)13-7-5-8-17(13)9-6-10-20(4,18)19/h13H,5-10H2,1-4H3/t13-/m1/s1. The number of hydrogen-bond donors (Lipinski definition) is 0. The van der Waals surface area contributed by atoms with Crippen LogP contribution in [0, 0.1) is 13.8 Å². The molecular formula is C14H25N3O2S. The molecule has 0 radical (unpaired) electrons. The van der Waals surface area contributed by atoms with E-state index >= 15 is 0 Å². The van der Waals surface area contributed by atoms with Crippen LogP contribution in [0.25, 0.3) is 0 Å². The summed E-state index contributed by atoms with van der Waals surface area (Å²) < 4.78 is 24.4. The maximum absolute atomic E-state index is 11.2. The summed E-state index contributed by atoms with van der Waals surface area (Å²) >= 11 is 0. The van der Waals surface area contributed by atoms with Crippen LogP contribution in [0.4, 0.5) is 0 Å². The minimum Gasteiger partial charge on any atom is -0.296 e. The van der Waals surface area contributed by atoms with E-state index < -0.39 is 9.84 Å². The van der Waals surface area contributed by atoms with Crippen LogP contribution in [0.2, 0.25) is 0 Å². The highest BCUT2D eigenvalue weighted by atomic mass is 32.2. The van der Waals surface area contributed by atoms with Crippen molar-refractivity contribution in [3.8, 4) is 0 Å². The number of sulfone groups is 1. The van der Waals surface area contributed by atoms with Gasteiger partial charge in [0.05, 0.1) is 11.4 Å². The summed E-state index contributed by atoms with van der Waals surface area (Å²) in [5.41, 5.74) is 3.66. The molecule has 20 heavy (non-hydrogen) atoms. The van der Waals surface area contributed by atoms with E-state index in [9.17, 15) is 8.42 Å². The molecule has 114 valence electrons. The quantitative estimate of drug-likeness (QED) is 0.829. The van der Waals surface area contributed by atoms with E-state index in [1.165, 1.54) is 23.9 Å². The molecular weight excluding hydrogens is 274 g/mol. The summed E-state index contributed by atoms with van der Waals surface area (Å²) in [6.45, 7) is 6.09. The molecule has 0 bridgehead atoms. The summed E-state index contributed by atoms with van der Waals surface area (Å²) in [6, 6.07) is 0.406. The van der Waals surface area contributed by atoms with Crippen molar-refractivity contribution in [2.24, 2.45) is 7.05 Å². The molecule has 0 saturated carbocycles. The van der Waals surface area contributed by atoms with E-state index in [0.29, 0.717) is 12.5 Å². The Labute approximate surface area is 121 Å². The summed E-state index contributed by atoms with van der Waals surface area (Å²) in [5.74, 6) is 0.279. The first-order valence-electron chi connectivity index (χ1n) is 7.21. The van der Waals surface area contributed by atoms with Gasteiger partial charge in [0.1, 0.15) is 9.84 Å². The molecule has 0 aromatic carbocycles. The van der Waals surface area contributed by atoms with Gasteiger partial charge in [0, 0.05) is 30.6 Å². The lowest BCUT2D eigenvalue weighted by molar-refractivity contribution is 0.256. The van der Waals surface area contributed by atoms with Crippen LogP contribution in [-0.4, -0.2) is 48.2 Å². The molecule has 0 amide bonds. The van der Waals surface area contributed by atoms with Crippen molar-refractivity contribution < 1.29 is 8.42 Å². The zero-order chi connectivity index (χ0) is 14.9. The Kier molecular flexibility index (Phi) is 4.54. The molecule has 2 rings (SSSR count). The lowest BCUT2D eigenvalue weighted by atomic mass is 10.0. The number of aryl methyl sites for hydroxylation is 2. The minimum atomic E-state index is -2.85. The first kappa shape index (κ1) is 15.5. The monoisotopic (exact) mass is 299 g/mol. The molecule has 0 aliphatic carbocycles. The van der Waals surface area contributed by atoms with Gasteiger partial charge in [-0.2, -0.15) is 5.10 Å². The fourth-order valence-corrected chi connectivity index (χ4v) is 3.88. The maximum atomic E-state index is 11.2. The normalized spacial score (nSPS) is 20.7. The van der Waals surface area contributed by atoms with Gasteiger partial charge in [0.25, 0.3) is 0 Å². The van der Waals surface area contributed by atoms with Crippen molar-refractivity contribution in [3.05, 3.63) is 17.0 Å². The molecule has 0 N–H and O–H groups in total. The maximum Gasteiger partial charge on any atom is 0.147 e. The number of hydrogen-bond acceptors (Lipinski definition) is 4.